The van der Waals surface area contributed by atoms with Crippen molar-refractivity contribution in [3.63, 3.8) is 0 Å². The first-order valence-corrected chi connectivity index (χ1v) is 6.85. The van der Waals surface area contributed by atoms with Gasteiger partial charge in [0.2, 0.25) is 0 Å². The number of nitrogen functional groups attached to an aromatic ring is 1. The molecule has 6 heteroatoms. The number of nitrogens with one attached hydrogen (secondary N) is 1. The van der Waals surface area contributed by atoms with Crippen molar-refractivity contribution < 1.29 is 4.79 Å². The molecule has 1 fully saturated rings. The van der Waals surface area contributed by atoms with Gasteiger partial charge in [-0.3, -0.25) is 9.48 Å². The summed E-state index contributed by atoms with van der Waals surface area (Å²) in [5.41, 5.74) is 6.45. The van der Waals surface area contributed by atoms with E-state index >= 15 is 0 Å². The molecular formula is C13H23N5O. The fraction of sp³-hybridized carbons (Fsp3) is 0.692. The predicted octanol–water partition coefficient (Wildman–Crippen LogP) is 0.607. The lowest BCUT2D eigenvalue weighted by Crippen LogP contribution is -2.37. The number of aryl methyl sites for hydroxylation is 1. The third kappa shape index (κ3) is 3.47. The van der Waals surface area contributed by atoms with Crippen LogP contribution in [0.1, 0.15) is 36.2 Å². The van der Waals surface area contributed by atoms with Gasteiger partial charge in [0.1, 0.15) is 0 Å². The Morgan fingerprint density at radius 1 is 1.58 bits per heavy atom. The Morgan fingerprint density at radius 3 is 2.84 bits per heavy atom. The number of carbonyl (C=O) groups excluding carboxylic acids is 1. The van der Waals surface area contributed by atoms with E-state index < -0.39 is 0 Å². The van der Waals surface area contributed by atoms with Crippen LogP contribution in [-0.4, -0.2) is 46.8 Å². The first-order valence-electron chi connectivity index (χ1n) is 6.85. The van der Waals surface area contributed by atoms with Crippen LogP contribution in [0.5, 0.6) is 0 Å². The number of rotatable bonds is 5. The summed E-state index contributed by atoms with van der Waals surface area (Å²) in [6, 6.07) is 0.678. The molecule has 3 N–H and O–H groups in total. The van der Waals surface area contributed by atoms with Crippen LogP contribution < -0.4 is 11.1 Å². The molecular weight excluding hydrogens is 242 g/mol. The maximum absolute atomic E-state index is 11.9. The quantitative estimate of drug-likeness (QED) is 0.817. The van der Waals surface area contributed by atoms with Crippen LogP contribution in [0.4, 0.5) is 5.69 Å². The Kier molecular flexibility index (Phi) is 4.42. The number of hydrogen-bond donors (Lipinski definition) is 2. The average molecular weight is 265 g/mol. The Balaban J connectivity index is 1.76. The van der Waals surface area contributed by atoms with Crippen molar-refractivity contribution in [2.75, 3.05) is 25.9 Å². The summed E-state index contributed by atoms with van der Waals surface area (Å²) < 4.78 is 1.55. The maximum Gasteiger partial charge on any atom is 0.273 e. The zero-order chi connectivity index (χ0) is 13.8. The number of hydrogen-bond acceptors (Lipinski definition) is 4. The summed E-state index contributed by atoms with van der Waals surface area (Å²) in [4.78, 5) is 14.2. The number of nitrogens with two attached hydrogens (primary N) is 1. The minimum Gasteiger partial charge on any atom is -0.396 e. The highest BCUT2D eigenvalue weighted by atomic mass is 16.2. The second-order valence-electron chi connectivity index (χ2n) is 5.28. The summed E-state index contributed by atoms with van der Waals surface area (Å²) in [7, 11) is 3.87. The lowest BCUT2D eigenvalue weighted by atomic mass is 10.2. The van der Waals surface area contributed by atoms with Crippen LogP contribution in [-0.2, 0) is 7.05 Å². The highest BCUT2D eigenvalue weighted by Crippen LogP contribution is 2.21. The highest BCUT2D eigenvalue weighted by molar-refractivity contribution is 5.96. The van der Waals surface area contributed by atoms with Crippen LogP contribution in [0.25, 0.3) is 0 Å². The monoisotopic (exact) mass is 265 g/mol. The summed E-state index contributed by atoms with van der Waals surface area (Å²) in [6.07, 6.45) is 6.84. The van der Waals surface area contributed by atoms with Crippen molar-refractivity contribution in [3.05, 3.63) is 11.9 Å². The largest absolute Gasteiger partial charge is 0.396 e. The molecule has 1 aliphatic rings. The first-order chi connectivity index (χ1) is 9.08. The minimum atomic E-state index is -0.196. The molecule has 19 heavy (non-hydrogen) atoms. The van der Waals surface area contributed by atoms with Crippen molar-refractivity contribution in [1.82, 2.24) is 20.0 Å². The van der Waals surface area contributed by atoms with Crippen LogP contribution >= 0.6 is 0 Å². The second kappa shape index (κ2) is 6.06. The molecule has 0 atom stereocenters. The van der Waals surface area contributed by atoms with E-state index in [-0.39, 0.29) is 5.91 Å². The molecule has 0 saturated heterocycles. The zero-order valence-corrected chi connectivity index (χ0v) is 11.7. The lowest BCUT2D eigenvalue weighted by molar-refractivity contribution is 0.0942. The molecule has 1 aromatic rings. The smallest absolute Gasteiger partial charge is 0.273 e. The van der Waals surface area contributed by atoms with Gasteiger partial charge in [-0.1, -0.05) is 12.8 Å². The van der Waals surface area contributed by atoms with Crippen molar-refractivity contribution >= 4 is 11.6 Å². The van der Waals surface area contributed by atoms with E-state index in [0.717, 1.165) is 6.54 Å². The molecule has 1 aromatic heterocycles. The van der Waals surface area contributed by atoms with Gasteiger partial charge in [-0.15, -0.1) is 0 Å². The number of carbonyl (C=O) groups is 1. The van der Waals surface area contributed by atoms with Crippen LogP contribution in [0.15, 0.2) is 6.20 Å². The van der Waals surface area contributed by atoms with Gasteiger partial charge >= 0.3 is 0 Å². The number of anilines is 1. The van der Waals surface area contributed by atoms with Gasteiger partial charge in [0.15, 0.2) is 5.69 Å². The lowest BCUT2D eigenvalue weighted by Gasteiger charge is -2.23. The molecule has 0 unspecified atom stereocenters. The SMILES string of the molecule is CN(CCNC(=O)c1nn(C)cc1N)C1CCCC1. The van der Waals surface area contributed by atoms with Gasteiger partial charge in [-0.2, -0.15) is 5.10 Å². The topological polar surface area (TPSA) is 76.2 Å². The van der Waals surface area contributed by atoms with Crippen molar-refractivity contribution in [2.24, 2.45) is 7.05 Å². The molecule has 2 rings (SSSR count). The number of likely N-dealkylation sites (N-methyl/N-ethyl adjacent to an activating group) is 1. The normalized spacial score (nSPS) is 16.2. The van der Waals surface area contributed by atoms with Crippen LogP contribution in [0.3, 0.4) is 0 Å². The van der Waals surface area contributed by atoms with E-state index in [2.05, 4.69) is 22.4 Å². The fourth-order valence-electron chi connectivity index (χ4n) is 2.64. The van der Waals surface area contributed by atoms with Crippen LogP contribution in [0, 0.1) is 0 Å². The van der Waals surface area contributed by atoms with Crippen molar-refractivity contribution in [2.45, 2.75) is 31.7 Å². The van der Waals surface area contributed by atoms with E-state index in [0.29, 0.717) is 24.0 Å². The number of nitrogens with zero attached hydrogens (tertiary/aromatic N) is 3. The Bertz CT molecular complexity index is 436. The Morgan fingerprint density at radius 2 is 2.26 bits per heavy atom. The minimum absolute atomic E-state index is 0.196. The number of amides is 1. The van der Waals surface area contributed by atoms with Crippen LogP contribution in [0.2, 0.25) is 0 Å². The molecule has 106 valence electrons. The molecule has 0 aromatic carbocycles. The summed E-state index contributed by atoms with van der Waals surface area (Å²) in [5, 5.41) is 6.92. The van der Waals surface area contributed by atoms with Gasteiger partial charge in [0.05, 0.1) is 5.69 Å². The van der Waals surface area contributed by atoms with Gasteiger partial charge in [0, 0.05) is 32.4 Å². The van der Waals surface area contributed by atoms with Gasteiger partial charge < -0.3 is 16.0 Å². The Labute approximate surface area is 113 Å². The predicted molar refractivity (Wildman–Crippen MR) is 74.8 cm³/mol. The first kappa shape index (κ1) is 13.9. The molecule has 1 aliphatic carbocycles. The fourth-order valence-corrected chi connectivity index (χ4v) is 2.64. The van der Waals surface area contributed by atoms with Gasteiger partial charge in [-0.05, 0) is 19.9 Å². The Hall–Kier alpha value is -1.56. The van der Waals surface area contributed by atoms with Crippen molar-refractivity contribution in [3.8, 4) is 0 Å². The van der Waals surface area contributed by atoms with E-state index in [4.69, 9.17) is 5.73 Å². The van der Waals surface area contributed by atoms with Crippen molar-refractivity contribution in [1.29, 1.82) is 0 Å². The third-order valence-electron chi connectivity index (χ3n) is 3.77. The summed E-state index contributed by atoms with van der Waals surface area (Å²) >= 11 is 0. The molecule has 1 amide bonds. The third-order valence-corrected chi connectivity index (χ3v) is 3.77. The highest BCUT2D eigenvalue weighted by Gasteiger charge is 2.19. The molecule has 0 radical (unpaired) electrons. The summed E-state index contributed by atoms with van der Waals surface area (Å²) in [5.74, 6) is -0.196. The molecule has 0 spiro atoms. The van der Waals surface area contributed by atoms with E-state index in [1.54, 1.807) is 17.9 Å². The van der Waals surface area contributed by atoms with E-state index in [9.17, 15) is 4.79 Å². The number of aromatic nitrogens is 2. The van der Waals surface area contributed by atoms with Gasteiger partial charge in [-0.25, -0.2) is 0 Å². The maximum atomic E-state index is 11.9. The standard InChI is InChI=1S/C13H23N5O/c1-17(10-5-3-4-6-10)8-7-15-13(19)12-11(14)9-18(2)16-12/h9-10H,3-8,14H2,1-2H3,(H,15,19). The molecule has 1 saturated carbocycles. The molecule has 0 bridgehead atoms. The molecule has 6 nitrogen and oxygen atoms in total. The average Bonchev–Trinajstić information content (AvgIpc) is 2.98. The van der Waals surface area contributed by atoms with Gasteiger partial charge in [0.25, 0.3) is 5.91 Å². The van der Waals surface area contributed by atoms with E-state index in [1.807, 2.05) is 0 Å². The summed E-state index contributed by atoms with van der Waals surface area (Å²) in [6.45, 7) is 1.49. The molecule has 1 heterocycles. The second-order valence-corrected chi connectivity index (χ2v) is 5.28. The molecule has 0 aliphatic heterocycles. The zero-order valence-electron chi connectivity index (χ0n) is 11.7. The van der Waals surface area contributed by atoms with E-state index in [1.165, 1.54) is 25.7 Å².